The fourth-order valence-corrected chi connectivity index (χ4v) is 5.48. The molecule has 0 spiro atoms. The van der Waals surface area contributed by atoms with E-state index >= 15 is 0 Å². The Balaban J connectivity index is 1.35. The third-order valence-corrected chi connectivity index (χ3v) is 7.02. The van der Waals surface area contributed by atoms with Crippen LogP contribution in [0.4, 0.5) is 5.13 Å². The van der Waals surface area contributed by atoms with Crippen LogP contribution in [0, 0.1) is 5.92 Å². The fraction of sp³-hybridized carbons (Fsp3) is 0.409. The third-order valence-electron chi connectivity index (χ3n) is 6.14. The number of hydrogen-bond donors (Lipinski definition) is 0. The van der Waals surface area contributed by atoms with Crippen molar-refractivity contribution in [3.8, 4) is 5.69 Å². The van der Waals surface area contributed by atoms with E-state index in [2.05, 4.69) is 20.1 Å². The molecule has 2 atom stereocenters. The van der Waals surface area contributed by atoms with Crippen LogP contribution in [0.1, 0.15) is 40.6 Å². The summed E-state index contributed by atoms with van der Waals surface area (Å²) in [6.45, 7) is 4.33. The minimum Gasteiger partial charge on any atom is -0.461 e. The molecule has 0 unspecified atom stereocenters. The summed E-state index contributed by atoms with van der Waals surface area (Å²) >= 11 is 1.45. The third kappa shape index (κ3) is 3.75. The molecular formula is C22H24N6O3S. The topological polar surface area (TPSA) is 93.5 Å². The van der Waals surface area contributed by atoms with Crippen LogP contribution >= 0.6 is 11.3 Å². The lowest BCUT2D eigenvalue weighted by molar-refractivity contribution is 0.0520. The summed E-state index contributed by atoms with van der Waals surface area (Å²) in [7, 11) is 0. The number of aromatic nitrogens is 4. The van der Waals surface area contributed by atoms with Gasteiger partial charge in [0.15, 0.2) is 10.8 Å². The van der Waals surface area contributed by atoms with E-state index in [4.69, 9.17) is 4.74 Å². The van der Waals surface area contributed by atoms with Gasteiger partial charge >= 0.3 is 5.97 Å². The summed E-state index contributed by atoms with van der Waals surface area (Å²) in [4.78, 5) is 35.7. The average Bonchev–Trinajstić information content (AvgIpc) is 3.59. The Morgan fingerprint density at radius 3 is 2.75 bits per heavy atom. The standard InChI is InChI=1S/C22H24N6O3S/c1-2-31-21(30)17-14-32-22(25-17)27-12-8-15-7-11-26(13-19(15)27)20(29)16-5-3-4-6-18(16)28-23-9-10-24-28/h3-6,9-10,14-15,19H,2,7-8,11-13H2,1H3/t15-,19-/m1/s1. The highest BCUT2D eigenvalue weighted by Crippen LogP contribution is 2.37. The van der Waals surface area contributed by atoms with Gasteiger partial charge in [-0.2, -0.15) is 15.0 Å². The predicted molar refractivity (Wildman–Crippen MR) is 119 cm³/mol. The van der Waals surface area contributed by atoms with Crippen molar-refractivity contribution >= 4 is 28.3 Å². The predicted octanol–water partition coefficient (Wildman–Crippen LogP) is 2.64. The maximum Gasteiger partial charge on any atom is 0.357 e. The summed E-state index contributed by atoms with van der Waals surface area (Å²) in [5.41, 5.74) is 1.61. The summed E-state index contributed by atoms with van der Waals surface area (Å²) in [5.74, 6) is 0.0987. The molecule has 0 radical (unpaired) electrons. The van der Waals surface area contributed by atoms with E-state index in [1.54, 1.807) is 24.7 Å². The molecule has 0 N–H and O–H groups in total. The number of thiazole rings is 1. The lowest BCUT2D eigenvalue weighted by Gasteiger charge is -2.38. The fourth-order valence-electron chi connectivity index (χ4n) is 4.60. The molecule has 0 saturated carbocycles. The molecular weight excluding hydrogens is 428 g/mol. The molecule has 2 saturated heterocycles. The minimum atomic E-state index is -0.393. The summed E-state index contributed by atoms with van der Waals surface area (Å²) in [6, 6.07) is 7.61. The number of esters is 1. The lowest BCUT2D eigenvalue weighted by Crippen LogP contribution is -2.50. The van der Waals surface area contributed by atoms with Gasteiger partial charge in [-0.3, -0.25) is 4.79 Å². The summed E-state index contributed by atoms with van der Waals surface area (Å²) < 4.78 is 5.07. The number of para-hydroxylation sites is 1. The highest BCUT2D eigenvalue weighted by Gasteiger charge is 2.41. The van der Waals surface area contributed by atoms with Gasteiger partial charge in [-0.1, -0.05) is 12.1 Å². The maximum absolute atomic E-state index is 13.5. The zero-order chi connectivity index (χ0) is 22.1. The van der Waals surface area contributed by atoms with Crippen molar-refractivity contribution in [2.24, 2.45) is 5.92 Å². The first-order chi connectivity index (χ1) is 15.7. The quantitative estimate of drug-likeness (QED) is 0.550. The van der Waals surface area contributed by atoms with Crippen LogP contribution in [0.25, 0.3) is 5.69 Å². The lowest BCUT2D eigenvalue weighted by atomic mass is 9.92. The number of carbonyl (C=O) groups is 2. The summed E-state index contributed by atoms with van der Waals surface area (Å²) in [6.07, 6.45) is 5.21. The largest absolute Gasteiger partial charge is 0.461 e. The zero-order valence-electron chi connectivity index (χ0n) is 17.8. The second-order valence-electron chi connectivity index (χ2n) is 7.92. The normalized spacial score (nSPS) is 20.3. The Morgan fingerprint density at radius 2 is 1.94 bits per heavy atom. The maximum atomic E-state index is 13.5. The van der Waals surface area contributed by atoms with Gasteiger partial charge in [0.05, 0.1) is 36.3 Å². The molecule has 9 nitrogen and oxygen atoms in total. The van der Waals surface area contributed by atoms with Gasteiger partial charge in [0, 0.05) is 25.0 Å². The molecule has 32 heavy (non-hydrogen) atoms. The van der Waals surface area contributed by atoms with Gasteiger partial charge < -0.3 is 14.5 Å². The van der Waals surface area contributed by atoms with E-state index in [1.165, 1.54) is 16.1 Å². The average molecular weight is 453 g/mol. The Hall–Kier alpha value is -3.27. The smallest absolute Gasteiger partial charge is 0.357 e. The van der Waals surface area contributed by atoms with E-state index in [0.717, 1.165) is 31.1 Å². The van der Waals surface area contributed by atoms with Crippen molar-refractivity contribution in [2.45, 2.75) is 25.8 Å². The van der Waals surface area contributed by atoms with Crippen LogP contribution in [-0.2, 0) is 4.74 Å². The molecule has 1 aromatic carbocycles. The second-order valence-corrected chi connectivity index (χ2v) is 8.76. The first-order valence-corrected chi connectivity index (χ1v) is 11.7. The molecule has 2 aliphatic rings. The minimum absolute atomic E-state index is 0.0189. The molecule has 2 fully saturated rings. The van der Waals surface area contributed by atoms with Crippen molar-refractivity contribution in [3.05, 3.63) is 53.3 Å². The van der Waals surface area contributed by atoms with Gasteiger partial charge in [0.25, 0.3) is 5.91 Å². The van der Waals surface area contributed by atoms with Crippen molar-refractivity contribution < 1.29 is 14.3 Å². The number of hydrogen-bond acceptors (Lipinski definition) is 8. The van der Waals surface area contributed by atoms with Crippen molar-refractivity contribution in [2.75, 3.05) is 31.1 Å². The monoisotopic (exact) mass is 452 g/mol. The van der Waals surface area contributed by atoms with Crippen LogP contribution in [0.2, 0.25) is 0 Å². The van der Waals surface area contributed by atoms with Crippen molar-refractivity contribution in [1.29, 1.82) is 0 Å². The van der Waals surface area contributed by atoms with Gasteiger partial charge in [-0.25, -0.2) is 9.78 Å². The number of fused-ring (bicyclic) bond motifs is 1. The SMILES string of the molecule is CCOC(=O)c1csc(N2CC[C@H]3CCN(C(=O)c4ccccc4-n4nccn4)C[C@H]32)n1. The van der Waals surface area contributed by atoms with Gasteiger partial charge in [0.1, 0.15) is 0 Å². The highest BCUT2D eigenvalue weighted by molar-refractivity contribution is 7.13. The van der Waals surface area contributed by atoms with Crippen LogP contribution in [0.5, 0.6) is 0 Å². The number of nitrogens with zero attached hydrogens (tertiary/aromatic N) is 6. The van der Waals surface area contributed by atoms with Crippen LogP contribution in [-0.4, -0.2) is 69.0 Å². The van der Waals surface area contributed by atoms with Gasteiger partial charge in [0.2, 0.25) is 0 Å². The van der Waals surface area contributed by atoms with Gasteiger partial charge in [-0.05, 0) is 37.8 Å². The molecule has 10 heteroatoms. The number of benzene rings is 1. The van der Waals surface area contributed by atoms with E-state index in [9.17, 15) is 9.59 Å². The number of amides is 1. The van der Waals surface area contributed by atoms with Gasteiger partial charge in [-0.15, -0.1) is 11.3 Å². The first-order valence-electron chi connectivity index (χ1n) is 10.8. The summed E-state index contributed by atoms with van der Waals surface area (Å²) in [5, 5.41) is 10.9. The van der Waals surface area contributed by atoms with E-state index in [0.29, 0.717) is 36.0 Å². The van der Waals surface area contributed by atoms with E-state index < -0.39 is 5.97 Å². The van der Waals surface area contributed by atoms with Crippen LogP contribution < -0.4 is 4.90 Å². The molecule has 0 aliphatic carbocycles. The van der Waals surface area contributed by atoms with E-state index in [1.807, 2.05) is 29.2 Å². The Morgan fingerprint density at radius 1 is 1.16 bits per heavy atom. The Labute approximate surface area is 189 Å². The molecule has 5 rings (SSSR count). The molecule has 166 valence electrons. The van der Waals surface area contributed by atoms with Crippen molar-refractivity contribution in [1.82, 2.24) is 24.9 Å². The molecule has 2 aliphatic heterocycles. The number of ether oxygens (including phenoxy) is 1. The van der Waals surface area contributed by atoms with Crippen molar-refractivity contribution in [3.63, 3.8) is 0 Å². The molecule has 0 bridgehead atoms. The zero-order valence-corrected chi connectivity index (χ0v) is 18.6. The Bertz CT molecular complexity index is 1110. The molecule has 1 amide bonds. The number of anilines is 1. The second kappa shape index (κ2) is 8.70. The number of piperidine rings is 1. The first kappa shape index (κ1) is 20.6. The highest BCUT2D eigenvalue weighted by atomic mass is 32.1. The number of rotatable bonds is 5. The van der Waals surface area contributed by atoms with Crippen LogP contribution in [0.3, 0.4) is 0 Å². The van der Waals surface area contributed by atoms with Crippen LogP contribution in [0.15, 0.2) is 42.0 Å². The molecule has 2 aromatic heterocycles. The Kier molecular flexibility index (Phi) is 5.60. The van der Waals surface area contributed by atoms with E-state index in [-0.39, 0.29) is 11.9 Å². The molecule has 4 heterocycles. The number of likely N-dealkylation sites (tertiary alicyclic amines) is 1. The number of carbonyl (C=O) groups excluding carboxylic acids is 2. The molecule has 3 aromatic rings.